The van der Waals surface area contributed by atoms with Gasteiger partial charge in [-0.1, -0.05) is 59.8 Å². The minimum Gasteiger partial charge on any atom is -0.329 e. The standard InChI is InChI=1S/C24H24ClN3O2S/c25-21-7-9-22(10-8-21)31-24-11-6-20(16-23(24)28(29)30)18-27-14-12-26(13-15-27)17-19-4-2-1-3-5-19/h1-11,16H,12-15,17-18H2/p+1. The lowest BCUT2D eigenvalue weighted by Crippen LogP contribution is -3.13. The van der Waals surface area contributed by atoms with Crippen molar-refractivity contribution >= 4 is 29.1 Å². The topological polar surface area (TPSA) is 50.8 Å². The maximum absolute atomic E-state index is 11.7. The summed E-state index contributed by atoms with van der Waals surface area (Å²) in [5.41, 5.74) is 2.51. The van der Waals surface area contributed by atoms with Crippen molar-refractivity contribution in [1.29, 1.82) is 0 Å². The van der Waals surface area contributed by atoms with Gasteiger partial charge < -0.3 is 4.90 Å². The van der Waals surface area contributed by atoms with Crippen LogP contribution in [0.1, 0.15) is 11.1 Å². The van der Waals surface area contributed by atoms with Gasteiger partial charge in [-0.2, -0.15) is 0 Å². The van der Waals surface area contributed by atoms with Crippen molar-refractivity contribution in [2.45, 2.75) is 22.9 Å². The van der Waals surface area contributed by atoms with Gasteiger partial charge in [-0.05, 0) is 35.9 Å². The summed E-state index contributed by atoms with van der Waals surface area (Å²) in [4.78, 5) is 16.9. The summed E-state index contributed by atoms with van der Waals surface area (Å²) in [7, 11) is 0. The van der Waals surface area contributed by atoms with Crippen LogP contribution in [0.25, 0.3) is 0 Å². The molecule has 3 aromatic carbocycles. The molecule has 0 aromatic heterocycles. The molecule has 5 nitrogen and oxygen atoms in total. The summed E-state index contributed by atoms with van der Waals surface area (Å²) in [6.07, 6.45) is 0. The first-order valence-corrected chi connectivity index (χ1v) is 11.6. The quantitative estimate of drug-likeness (QED) is 0.427. The Labute approximate surface area is 191 Å². The summed E-state index contributed by atoms with van der Waals surface area (Å²) in [5.74, 6) is 0. The van der Waals surface area contributed by atoms with Gasteiger partial charge in [0.1, 0.15) is 6.54 Å². The number of nitro benzene ring substituents is 1. The maximum atomic E-state index is 11.7. The second-order valence-electron chi connectivity index (χ2n) is 7.80. The average Bonchev–Trinajstić information content (AvgIpc) is 2.78. The Bertz CT molecular complexity index is 1020. The molecule has 3 aromatic rings. The number of nitrogens with one attached hydrogen (secondary N) is 1. The molecule has 4 rings (SSSR count). The number of nitrogens with zero attached hydrogens (tertiary/aromatic N) is 2. The van der Waals surface area contributed by atoms with Crippen molar-refractivity contribution in [1.82, 2.24) is 4.90 Å². The van der Waals surface area contributed by atoms with Crippen molar-refractivity contribution in [3.63, 3.8) is 0 Å². The smallest absolute Gasteiger partial charge is 0.283 e. The molecular weight excluding hydrogens is 430 g/mol. The van der Waals surface area contributed by atoms with E-state index in [-0.39, 0.29) is 10.6 Å². The molecule has 0 radical (unpaired) electrons. The molecule has 1 heterocycles. The van der Waals surface area contributed by atoms with E-state index in [0.29, 0.717) is 9.92 Å². The number of quaternary nitrogens is 1. The molecule has 1 saturated heterocycles. The Balaban J connectivity index is 1.37. The molecule has 160 valence electrons. The fraction of sp³-hybridized carbons (Fsp3) is 0.250. The number of hydrogen-bond donors (Lipinski definition) is 1. The number of piperazine rings is 1. The van der Waals surface area contributed by atoms with E-state index in [1.54, 1.807) is 23.1 Å². The zero-order chi connectivity index (χ0) is 21.6. The predicted molar refractivity (Wildman–Crippen MR) is 125 cm³/mol. The van der Waals surface area contributed by atoms with Gasteiger partial charge in [0.25, 0.3) is 5.69 Å². The first-order valence-electron chi connectivity index (χ1n) is 10.4. The number of benzene rings is 3. The van der Waals surface area contributed by atoms with Gasteiger partial charge in [0.05, 0.1) is 22.9 Å². The van der Waals surface area contributed by atoms with E-state index < -0.39 is 0 Å². The molecule has 0 atom stereocenters. The zero-order valence-electron chi connectivity index (χ0n) is 17.2. The van der Waals surface area contributed by atoms with Gasteiger partial charge >= 0.3 is 0 Å². The summed E-state index contributed by atoms with van der Waals surface area (Å²) >= 11 is 7.33. The van der Waals surface area contributed by atoms with Crippen molar-refractivity contribution in [3.8, 4) is 0 Å². The SMILES string of the molecule is O=[N+]([O-])c1cc(CN2CC[NH+](Cc3ccccc3)CC2)ccc1Sc1ccc(Cl)cc1. The van der Waals surface area contributed by atoms with Gasteiger partial charge in [0.2, 0.25) is 0 Å². The Kier molecular flexibility index (Phi) is 7.25. The van der Waals surface area contributed by atoms with E-state index in [1.165, 1.54) is 17.3 Å². The van der Waals surface area contributed by atoms with Gasteiger partial charge in [-0.15, -0.1) is 0 Å². The summed E-state index contributed by atoms with van der Waals surface area (Å²) in [6, 6.07) is 23.5. The molecule has 7 heteroatoms. The molecule has 0 bridgehead atoms. The molecular formula is C24H25ClN3O2S+. The highest BCUT2D eigenvalue weighted by Gasteiger charge is 2.22. The zero-order valence-corrected chi connectivity index (χ0v) is 18.7. The van der Waals surface area contributed by atoms with Gasteiger partial charge in [-0.3, -0.25) is 15.0 Å². The maximum Gasteiger partial charge on any atom is 0.283 e. The monoisotopic (exact) mass is 454 g/mol. The van der Waals surface area contributed by atoms with E-state index in [1.807, 2.05) is 24.3 Å². The predicted octanol–water partition coefficient (Wildman–Crippen LogP) is 4.30. The Morgan fingerprint density at radius 1 is 0.968 bits per heavy atom. The van der Waals surface area contributed by atoms with Gasteiger partial charge in [0, 0.05) is 41.2 Å². The third kappa shape index (κ3) is 6.08. The molecule has 1 fully saturated rings. The molecule has 0 unspecified atom stereocenters. The molecule has 1 aliphatic rings. The molecule has 0 spiro atoms. The number of halogens is 1. The lowest BCUT2D eigenvalue weighted by Gasteiger charge is -2.32. The third-order valence-corrected chi connectivity index (χ3v) is 6.85. The van der Waals surface area contributed by atoms with Crippen LogP contribution >= 0.6 is 23.4 Å². The Hall–Kier alpha value is -2.38. The second-order valence-corrected chi connectivity index (χ2v) is 9.36. The van der Waals surface area contributed by atoms with Crippen LogP contribution in [0.2, 0.25) is 5.02 Å². The van der Waals surface area contributed by atoms with E-state index in [4.69, 9.17) is 11.6 Å². The lowest BCUT2D eigenvalue weighted by atomic mass is 10.1. The summed E-state index contributed by atoms with van der Waals surface area (Å²) < 4.78 is 0. The number of hydrogen-bond acceptors (Lipinski definition) is 4. The second kappa shape index (κ2) is 10.3. The minimum absolute atomic E-state index is 0.158. The van der Waals surface area contributed by atoms with Gasteiger partial charge in [-0.25, -0.2) is 0 Å². The highest BCUT2D eigenvalue weighted by atomic mass is 35.5. The molecule has 1 aliphatic heterocycles. The van der Waals surface area contributed by atoms with Crippen LogP contribution in [-0.4, -0.2) is 36.0 Å². The van der Waals surface area contributed by atoms with Crippen LogP contribution in [0.5, 0.6) is 0 Å². The summed E-state index contributed by atoms with van der Waals surface area (Å²) in [6.45, 7) is 5.96. The summed E-state index contributed by atoms with van der Waals surface area (Å²) in [5, 5.41) is 12.3. The van der Waals surface area contributed by atoms with E-state index in [9.17, 15) is 10.1 Å². The van der Waals surface area contributed by atoms with Crippen molar-refractivity contribution < 1.29 is 9.82 Å². The average molecular weight is 455 g/mol. The molecule has 31 heavy (non-hydrogen) atoms. The fourth-order valence-corrected chi connectivity index (χ4v) is 4.89. The van der Waals surface area contributed by atoms with Crippen LogP contribution in [0.4, 0.5) is 5.69 Å². The molecule has 1 N–H and O–H groups in total. The van der Waals surface area contributed by atoms with Crippen LogP contribution in [0, 0.1) is 10.1 Å². The normalized spacial score (nSPS) is 15.1. The highest BCUT2D eigenvalue weighted by Crippen LogP contribution is 2.36. The van der Waals surface area contributed by atoms with Crippen molar-refractivity contribution in [2.75, 3.05) is 26.2 Å². The number of nitro groups is 1. The van der Waals surface area contributed by atoms with E-state index >= 15 is 0 Å². The lowest BCUT2D eigenvalue weighted by molar-refractivity contribution is -0.918. The fourth-order valence-electron chi connectivity index (χ4n) is 3.87. The number of rotatable bonds is 7. The highest BCUT2D eigenvalue weighted by molar-refractivity contribution is 7.99. The Morgan fingerprint density at radius 3 is 2.35 bits per heavy atom. The van der Waals surface area contributed by atoms with Crippen LogP contribution < -0.4 is 4.90 Å². The molecule has 0 saturated carbocycles. The van der Waals surface area contributed by atoms with E-state index in [0.717, 1.165) is 49.7 Å². The Morgan fingerprint density at radius 2 is 1.68 bits per heavy atom. The van der Waals surface area contributed by atoms with Gasteiger partial charge in [0.15, 0.2) is 0 Å². The first-order chi connectivity index (χ1) is 15.1. The molecule has 0 amide bonds. The van der Waals surface area contributed by atoms with Crippen molar-refractivity contribution in [3.05, 3.63) is 99.1 Å². The van der Waals surface area contributed by atoms with Crippen LogP contribution in [0.3, 0.4) is 0 Å². The third-order valence-electron chi connectivity index (χ3n) is 5.53. The minimum atomic E-state index is -0.288. The van der Waals surface area contributed by atoms with Crippen LogP contribution in [0.15, 0.2) is 82.6 Å². The van der Waals surface area contributed by atoms with Crippen molar-refractivity contribution in [2.24, 2.45) is 0 Å². The van der Waals surface area contributed by atoms with Crippen LogP contribution in [-0.2, 0) is 13.1 Å². The molecule has 0 aliphatic carbocycles. The first kappa shape index (κ1) is 21.8. The largest absolute Gasteiger partial charge is 0.329 e. The van der Waals surface area contributed by atoms with E-state index in [2.05, 4.69) is 35.2 Å².